The fourth-order valence-electron chi connectivity index (χ4n) is 4.58. The van der Waals surface area contributed by atoms with Crippen LogP contribution < -0.4 is 24.5 Å². The summed E-state index contributed by atoms with van der Waals surface area (Å²) in [6, 6.07) is 15.1. The van der Waals surface area contributed by atoms with Crippen molar-refractivity contribution in [2.75, 3.05) is 13.4 Å². The van der Waals surface area contributed by atoms with Gasteiger partial charge in [0.15, 0.2) is 23.0 Å². The molecule has 2 heterocycles. The average Bonchev–Trinajstić information content (AvgIpc) is 3.44. The van der Waals surface area contributed by atoms with Crippen molar-refractivity contribution in [1.29, 1.82) is 0 Å². The quantitative estimate of drug-likeness (QED) is 0.133. The third kappa shape index (κ3) is 6.15. The summed E-state index contributed by atoms with van der Waals surface area (Å²) in [6.45, 7) is 10.9. The average molecular weight is 619 g/mol. The zero-order valence-electron chi connectivity index (χ0n) is 23.4. The monoisotopic (exact) mass is 617 g/mol. The number of aromatic nitrogens is 2. The van der Waals surface area contributed by atoms with Gasteiger partial charge in [-0.25, -0.2) is 4.98 Å². The lowest BCUT2D eigenvalue weighted by Crippen LogP contribution is -2.23. The van der Waals surface area contributed by atoms with Crippen LogP contribution in [0.3, 0.4) is 0 Å². The van der Waals surface area contributed by atoms with E-state index < -0.39 is 0 Å². The van der Waals surface area contributed by atoms with Gasteiger partial charge in [-0.15, -0.1) is 6.58 Å². The summed E-state index contributed by atoms with van der Waals surface area (Å²) in [7, 11) is 0. The number of hydrogen-bond donors (Lipinski definition) is 0. The van der Waals surface area contributed by atoms with E-state index in [0.29, 0.717) is 53.6 Å². The highest BCUT2D eigenvalue weighted by Crippen LogP contribution is 2.36. The molecule has 0 amide bonds. The van der Waals surface area contributed by atoms with Crippen LogP contribution in [0, 0.1) is 0 Å². The molecule has 3 aromatic carbocycles. The Balaban J connectivity index is 1.52. The number of nitrogens with zero attached hydrogens (tertiary/aromatic N) is 3. The van der Waals surface area contributed by atoms with Gasteiger partial charge in [0.25, 0.3) is 5.56 Å². The van der Waals surface area contributed by atoms with Crippen LogP contribution in [-0.2, 0) is 13.0 Å². The van der Waals surface area contributed by atoms with Gasteiger partial charge in [-0.3, -0.25) is 4.79 Å². The molecular formula is C32H32BrN3O5. The summed E-state index contributed by atoms with van der Waals surface area (Å²) in [5.74, 6) is 3.31. The van der Waals surface area contributed by atoms with E-state index in [9.17, 15) is 4.79 Å². The summed E-state index contributed by atoms with van der Waals surface area (Å²) in [5, 5.41) is 5.14. The molecule has 9 heteroatoms. The normalized spacial score (nSPS) is 13.1. The van der Waals surface area contributed by atoms with Crippen molar-refractivity contribution in [3.8, 4) is 23.0 Å². The van der Waals surface area contributed by atoms with E-state index in [4.69, 9.17) is 23.9 Å². The number of benzene rings is 3. The molecule has 4 aromatic rings. The second kappa shape index (κ2) is 12.6. The van der Waals surface area contributed by atoms with Crippen LogP contribution >= 0.6 is 15.9 Å². The molecule has 0 unspecified atom stereocenters. The molecule has 0 N–H and O–H groups in total. The van der Waals surface area contributed by atoms with Gasteiger partial charge >= 0.3 is 0 Å². The Labute approximate surface area is 247 Å². The van der Waals surface area contributed by atoms with Crippen molar-refractivity contribution >= 4 is 33.0 Å². The second-order valence-electron chi connectivity index (χ2n) is 9.71. The van der Waals surface area contributed by atoms with Crippen LogP contribution in [0.25, 0.3) is 10.9 Å². The minimum Gasteiger partial charge on any atom is -0.490 e. The van der Waals surface area contributed by atoms with Gasteiger partial charge in [0, 0.05) is 16.0 Å². The van der Waals surface area contributed by atoms with Crippen molar-refractivity contribution in [3.63, 3.8) is 0 Å². The van der Waals surface area contributed by atoms with Gasteiger partial charge in [-0.2, -0.15) is 9.78 Å². The van der Waals surface area contributed by atoms with Crippen LogP contribution in [0.5, 0.6) is 23.0 Å². The summed E-state index contributed by atoms with van der Waals surface area (Å²) in [6.07, 6.45) is 4.85. The molecule has 0 aliphatic carbocycles. The molecule has 1 aromatic heterocycles. The Morgan fingerprint density at radius 3 is 2.73 bits per heavy atom. The molecule has 1 aliphatic rings. The SMILES string of the molecule is C=CCc1cc(C=Nn2c([C@H](C)CC)nc3ccc(Br)cc3c2=O)cc(OCC)c1OCc1ccc2c(c1)OCO2. The fourth-order valence-corrected chi connectivity index (χ4v) is 4.94. The zero-order chi connectivity index (χ0) is 28.9. The molecule has 8 nitrogen and oxygen atoms in total. The highest BCUT2D eigenvalue weighted by Gasteiger charge is 2.18. The molecule has 0 fully saturated rings. The largest absolute Gasteiger partial charge is 0.490 e. The van der Waals surface area contributed by atoms with E-state index in [0.717, 1.165) is 33.3 Å². The minimum atomic E-state index is -0.220. The maximum absolute atomic E-state index is 13.5. The maximum atomic E-state index is 13.5. The Hall–Kier alpha value is -4.11. The number of halogens is 1. The first-order chi connectivity index (χ1) is 19.9. The minimum absolute atomic E-state index is 0.0372. The number of hydrogen-bond acceptors (Lipinski definition) is 7. The van der Waals surface area contributed by atoms with Crippen molar-refractivity contribution in [3.05, 3.63) is 98.5 Å². The predicted octanol–water partition coefficient (Wildman–Crippen LogP) is 6.99. The lowest BCUT2D eigenvalue weighted by Gasteiger charge is -2.17. The van der Waals surface area contributed by atoms with Crippen LogP contribution in [0.1, 0.15) is 55.6 Å². The van der Waals surface area contributed by atoms with Crippen LogP contribution in [0.2, 0.25) is 0 Å². The first-order valence-corrected chi connectivity index (χ1v) is 14.4. The standard InChI is InChI=1S/C32H32BrN3O5/c1-5-8-23-13-22(15-29(38-7-3)30(23)39-18-21-9-12-27-28(14-21)41-19-40-27)17-34-36-31(20(4)6-2)35-26-11-10-24(33)16-25(26)32(36)37/h5,9-17,20H,1,6-8,18-19H2,2-4H3/t20-/m1/s1. The Morgan fingerprint density at radius 2 is 1.95 bits per heavy atom. The van der Waals surface area contributed by atoms with Gasteiger partial charge in [0.2, 0.25) is 6.79 Å². The molecule has 1 aliphatic heterocycles. The molecule has 1 atom stereocenters. The van der Waals surface area contributed by atoms with Crippen molar-refractivity contribution in [2.45, 2.75) is 46.1 Å². The van der Waals surface area contributed by atoms with Crippen molar-refractivity contribution in [2.24, 2.45) is 5.10 Å². The summed E-state index contributed by atoms with van der Waals surface area (Å²) in [4.78, 5) is 18.3. The number of allylic oxidation sites excluding steroid dienone is 1. The van der Waals surface area contributed by atoms with Gasteiger partial charge < -0.3 is 18.9 Å². The topological polar surface area (TPSA) is 84.2 Å². The van der Waals surface area contributed by atoms with Gasteiger partial charge in [0.1, 0.15) is 12.4 Å². The molecule has 0 saturated heterocycles. The first kappa shape index (κ1) is 28.4. The summed E-state index contributed by atoms with van der Waals surface area (Å²) >= 11 is 3.46. The molecule has 212 valence electrons. The van der Waals surface area contributed by atoms with E-state index in [2.05, 4.69) is 34.5 Å². The highest BCUT2D eigenvalue weighted by molar-refractivity contribution is 9.10. The molecule has 41 heavy (non-hydrogen) atoms. The van der Waals surface area contributed by atoms with E-state index >= 15 is 0 Å². The third-order valence-corrected chi connectivity index (χ3v) is 7.34. The maximum Gasteiger partial charge on any atom is 0.282 e. The van der Waals surface area contributed by atoms with E-state index in [1.807, 2.05) is 62.4 Å². The number of ether oxygens (including phenoxy) is 4. The molecule has 0 spiro atoms. The lowest BCUT2D eigenvalue weighted by molar-refractivity contribution is 0.174. The van der Waals surface area contributed by atoms with E-state index in [1.54, 1.807) is 12.3 Å². The molecule has 5 rings (SSSR count). The summed E-state index contributed by atoms with van der Waals surface area (Å²) in [5.41, 5.74) is 3.03. The van der Waals surface area contributed by atoms with Crippen molar-refractivity contribution < 1.29 is 18.9 Å². The smallest absolute Gasteiger partial charge is 0.282 e. The van der Waals surface area contributed by atoms with Gasteiger partial charge in [-0.05, 0) is 73.4 Å². The van der Waals surface area contributed by atoms with Crippen molar-refractivity contribution in [1.82, 2.24) is 9.66 Å². The van der Waals surface area contributed by atoms with Gasteiger partial charge in [0.05, 0.1) is 23.7 Å². The zero-order valence-corrected chi connectivity index (χ0v) is 24.9. The number of fused-ring (bicyclic) bond motifs is 2. The Kier molecular flexibility index (Phi) is 8.73. The Morgan fingerprint density at radius 1 is 1.12 bits per heavy atom. The fraction of sp³-hybridized carbons (Fsp3) is 0.281. The van der Waals surface area contributed by atoms with Crippen LogP contribution in [-0.4, -0.2) is 29.3 Å². The lowest BCUT2D eigenvalue weighted by atomic mass is 10.1. The van der Waals surface area contributed by atoms with E-state index in [1.165, 1.54) is 4.68 Å². The van der Waals surface area contributed by atoms with Gasteiger partial charge in [-0.1, -0.05) is 41.9 Å². The van der Waals surface area contributed by atoms with Crippen LogP contribution in [0.4, 0.5) is 0 Å². The Bertz CT molecular complexity index is 1680. The molecular weight excluding hydrogens is 586 g/mol. The predicted molar refractivity (Wildman–Crippen MR) is 164 cm³/mol. The summed E-state index contributed by atoms with van der Waals surface area (Å²) < 4.78 is 25.4. The molecule has 0 radical (unpaired) electrons. The van der Waals surface area contributed by atoms with E-state index in [-0.39, 0.29) is 18.3 Å². The van der Waals surface area contributed by atoms with Crippen LogP contribution in [0.15, 0.2) is 75.6 Å². The third-order valence-electron chi connectivity index (χ3n) is 6.85. The first-order valence-electron chi connectivity index (χ1n) is 13.6. The second-order valence-corrected chi connectivity index (χ2v) is 10.6. The molecule has 0 saturated carbocycles. The number of rotatable bonds is 11. The highest BCUT2D eigenvalue weighted by atomic mass is 79.9. The molecule has 0 bridgehead atoms.